The van der Waals surface area contributed by atoms with Crippen molar-refractivity contribution in [1.82, 2.24) is 14.7 Å². The van der Waals surface area contributed by atoms with Crippen molar-refractivity contribution in [3.8, 4) is 0 Å². The second kappa shape index (κ2) is 5.70. The average Bonchev–Trinajstić information content (AvgIpc) is 2.90. The topological polar surface area (TPSA) is 98.0 Å². The molecule has 0 aromatic carbocycles. The third-order valence-electron chi connectivity index (χ3n) is 2.22. The average molecular weight is 314 g/mol. The molecule has 100 valence electrons. The van der Waals surface area contributed by atoms with Crippen LogP contribution in [-0.2, 0) is 16.6 Å². The molecule has 0 aliphatic heterocycles. The summed E-state index contributed by atoms with van der Waals surface area (Å²) in [7, 11) is -3.60. The molecule has 0 amide bonds. The molecule has 0 radical (unpaired) electrons. The van der Waals surface area contributed by atoms with Crippen molar-refractivity contribution in [3.63, 3.8) is 0 Å². The monoisotopic (exact) mass is 314 g/mol. The molecule has 0 aliphatic rings. The summed E-state index contributed by atoms with van der Waals surface area (Å²) in [5, 5.41) is 0. The van der Waals surface area contributed by atoms with E-state index in [0.717, 1.165) is 4.88 Å². The van der Waals surface area contributed by atoms with Gasteiger partial charge in [-0.05, 0) is 12.1 Å². The Morgan fingerprint density at radius 3 is 2.74 bits per heavy atom. The van der Waals surface area contributed by atoms with Crippen molar-refractivity contribution in [2.75, 3.05) is 0 Å². The number of rotatable bonds is 5. The van der Waals surface area contributed by atoms with Crippen LogP contribution in [0.2, 0.25) is 0 Å². The zero-order chi connectivity index (χ0) is 13.9. The van der Waals surface area contributed by atoms with E-state index in [-0.39, 0.29) is 16.4 Å². The van der Waals surface area contributed by atoms with Gasteiger partial charge < -0.3 is 5.73 Å². The molecule has 0 aliphatic carbocycles. The van der Waals surface area contributed by atoms with Crippen LogP contribution in [-0.4, -0.2) is 23.4 Å². The fraction of sp³-hybridized carbons (Fsp3) is 0.100. The summed E-state index contributed by atoms with van der Waals surface area (Å²) in [6, 6.07) is 2.89. The molecule has 19 heavy (non-hydrogen) atoms. The van der Waals surface area contributed by atoms with E-state index in [1.807, 2.05) is 0 Å². The van der Waals surface area contributed by atoms with Gasteiger partial charge in [-0.1, -0.05) is 12.2 Å². The molecule has 0 unspecified atom stereocenters. The van der Waals surface area contributed by atoms with Gasteiger partial charge in [0.25, 0.3) is 0 Å². The van der Waals surface area contributed by atoms with Crippen molar-refractivity contribution >= 4 is 38.6 Å². The Hall–Kier alpha value is -1.42. The largest absolute Gasteiger partial charge is 0.388 e. The molecular weight excluding hydrogens is 304 g/mol. The summed E-state index contributed by atoms with van der Waals surface area (Å²) in [6.07, 6.45) is 2.84. The van der Waals surface area contributed by atoms with Gasteiger partial charge in [0.1, 0.15) is 9.88 Å². The first-order valence-electron chi connectivity index (χ1n) is 5.12. The van der Waals surface area contributed by atoms with Crippen molar-refractivity contribution in [3.05, 3.63) is 40.6 Å². The quantitative estimate of drug-likeness (QED) is 0.786. The molecule has 3 N–H and O–H groups in total. The maximum Gasteiger partial charge on any atom is 0.242 e. The maximum atomic E-state index is 12.0. The first kappa shape index (κ1) is 14.0. The van der Waals surface area contributed by atoms with Crippen LogP contribution >= 0.6 is 23.6 Å². The van der Waals surface area contributed by atoms with Crippen LogP contribution in [0, 0.1) is 0 Å². The van der Waals surface area contributed by atoms with E-state index >= 15 is 0 Å². The van der Waals surface area contributed by atoms with Gasteiger partial charge in [-0.25, -0.2) is 13.1 Å². The molecule has 2 heterocycles. The Kier molecular flexibility index (Phi) is 4.20. The standard InChI is InChI=1S/C10H10N4O2S3/c11-10(17)9-2-1-8(5-13-9)19(15,16)14-4-7-3-12-6-18-7/h1-3,5-6,14H,4H2,(H2,11,17). The van der Waals surface area contributed by atoms with Gasteiger partial charge in [0.05, 0.1) is 11.2 Å². The van der Waals surface area contributed by atoms with Gasteiger partial charge >= 0.3 is 0 Å². The van der Waals surface area contributed by atoms with Gasteiger partial charge in [0.2, 0.25) is 10.0 Å². The number of nitrogens with two attached hydrogens (primary N) is 1. The number of nitrogens with zero attached hydrogens (tertiary/aromatic N) is 2. The molecule has 9 heteroatoms. The summed E-state index contributed by atoms with van der Waals surface area (Å²) < 4.78 is 26.4. The van der Waals surface area contributed by atoms with Gasteiger partial charge in [-0.15, -0.1) is 11.3 Å². The first-order valence-corrected chi connectivity index (χ1v) is 7.89. The zero-order valence-corrected chi connectivity index (χ0v) is 12.1. The Labute approximate surface area is 119 Å². The molecule has 6 nitrogen and oxygen atoms in total. The van der Waals surface area contributed by atoms with Crippen LogP contribution in [0.25, 0.3) is 0 Å². The van der Waals surface area contributed by atoms with E-state index in [1.165, 1.54) is 29.7 Å². The number of pyridine rings is 1. The zero-order valence-electron chi connectivity index (χ0n) is 9.61. The molecule has 0 bridgehead atoms. The summed E-state index contributed by atoms with van der Waals surface area (Å²) in [4.78, 5) is 8.79. The second-order valence-electron chi connectivity index (χ2n) is 3.54. The molecule has 0 saturated carbocycles. The van der Waals surface area contributed by atoms with Gasteiger partial charge in [-0.3, -0.25) is 9.97 Å². The highest BCUT2D eigenvalue weighted by Crippen LogP contribution is 2.10. The molecule has 2 aromatic rings. The third-order valence-corrected chi connectivity index (χ3v) is 4.59. The maximum absolute atomic E-state index is 12.0. The second-order valence-corrected chi connectivity index (χ2v) is 6.71. The molecule has 2 aromatic heterocycles. The number of aromatic nitrogens is 2. The van der Waals surface area contributed by atoms with E-state index in [0.29, 0.717) is 5.69 Å². The SMILES string of the molecule is NC(=S)c1ccc(S(=O)(=O)NCc2cncs2)cn1. The number of sulfonamides is 1. The van der Waals surface area contributed by atoms with Crippen molar-refractivity contribution < 1.29 is 8.42 Å². The molecular formula is C10H10N4O2S3. The lowest BCUT2D eigenvalue weighted by atomic mass is 10.3. The van der Waals surface area contributed by atoms with Crippen LogP contribution in [0.5, 0.6) is 0 Å². The minimum absolute atomic E-state index is 0.0667. The van der Waals surface area contributed by atoms with Crippen molar-refractivity contribution in [2.45, 2.75) is 11.4 Å². The highest BCUT2D eigenvalue weighted by atomic mass is 32.2. The van der Waals surface area contributed by atoms with Crippen LogP contribution in [0.15, 0.2) is 34.9 Å². The lowest BCUT2D eigenvalue weighted by Gasteiger charge is -2.05. The van der Waals surface area contributed by atoms with Crippen LogP contribution in [0.1, 0.15) is 10.6 Å². The molecule has 0 saturated heterocycles. The third kappa shape index (κ3) is 3.53. The summed E-state index contributed by atoms with van der Waals surface area (Å²) in [5.41, 5.74) is 7.42. The minimum Gasteiger partial charge on any atom is -0.388 e. The number of hydrogen-bond acceptors (Lipinski definition) is 6. The van der Waals surface area contributed by atoms with Gasteiger partial charge in [0.15, 0.2) is 0 Å². The fourth-order valence-electron chi connectivity index (χ4n) is 1.26. The highest BCUT2D eigenvalue weighted by molar-refractivity contribution is 7.89. The van der Waals surface area contributed by atoms with Crippen LogP contribution in [0.3, 0.4) is 0 Å². The number of nitrogens with one attached hydrogen (secondary N) is 1. The lowest BCUT2D eigenvalue weighted by Crippen LogP contribution is -2.23. The fourth-order valence-corrected chi connectivity index (χ4v) is 2.96. The van der Waals surface area contributed by atoms with Gasteiger partial charge in [-0.2, -0.15) is 0 Å². The number of hydrogen-bond donors (Lipinski definition) is 2. The Morgan fingerprint density at radius 1 is 1.42 bits per heavy atom. The Balaban J connectivity index is 2.13. The van der Waals surface area contributed by atoms with E-state index in [9.17, 15) is 8.42 Å². The lowest BCUT2D eigenvalue weighted by molar-refractivity contribution is 0.581. The normalized spacial score (nSPS) is 11.4. The highest BCUT2D eigenvalue weighted by Gasteiger charge is 2.14. The predicted octanol–water partition coefficient (Wildman–Crippen LogP) is 0.651. The van der Waals surface area contributed by atoms with E-state index in [4.69, 9.17) is 18.0 Å². The minimum atomic E-state index is -3.60. The van der Waals surface area contributed by atoms with Gasteiger partial charge in [0, 0.05) is 23.8 Å². The molecule has 0 spiro atoms. The molecule has 2 rings (SSSR count). The Morgan fingerprint density at radius 2 is 2.21 bits per heavy atom. The van der Waals surface area contributed by atoms with Crippen LogP contribution < -0.4 is 10.5 Å². The Bertz CT molecular complexity index is 665. The summed E-state index contributed by atoms with van der Waals surface area (Å²) in [5.74, 6) is 0. The van der Waals surface area contributed by atoms with E-state index in [1.54, 1.807) is 11.7 Å². The van der Waals surface area contributed by atoms with Crippen molar-refractivity contribution in [1.29, 1.82) is 0 Å². The van der Waals surface area contributed by atoms with Crippen LogP contribution in [0.4, 0.5) is 0 Å². The van der Waals surface area contributed by atoms with Crippen molar-refractivity contribution in [2.24, 2.45) is 5.73 Å². The summed E-state index contributed by atoms with van der Waals surface area (Å²) >= 11 is 6.13. The smallest absolute Gasteiger partial charge is 0.242 e. The van der Waals surface area contributed by atoms with E-state index < -0.39 is 10.0 Å². The number of thiocarbonyl (C=S) groups is 1. The summed E-state index contributed by atoms with van der Waals surface area (Å²) in [6.45, 7) is 0.198. The first-order chi connectivity index (χ1) is 8.99. The molecule has 0 fully saturated rings. The number of thiazole rings is 1. The molecule has 0 atom stereocenters. The van der Waals surface area contributed by atoms with E-state index in [2.05, 4.69) is 14.7 Å². The predicted molar refractivity (Wildman–Crippen MR) is 76.3 cm³/mol.